The molecule has 0 amide bonds. The molecule has 1 saturated carbocycles. The van der Waals surface area contributed by atoms with Gasteiger partial charge in [-0.05, 0) is 43.7 Å². The van der Waals surface area contributed by atoms with Gasteiger partial charge < -0.3 is 20.8 Å². The molecule has 3 aromatic rings. The van der Waals surface area contributed by atoms with Crippen LogP contribution in [0.2, 0.25) is 0 Å². The number of anilines is 2. The van der Waals surface area contributed by atoms with Crippen molar-refractivity contribution in [2.24, 2.45) is 11.8 Å². The third kappa shape index (κ3) is 4.40. The fourth-order valence-corrected chi connectivity index (χ4v) is 4.95. The van der Waals surface area contributed by atoms with Crippen LogP contribution < -0.4 is 10.6 Å². The Hall–Kier alpha value is -2.29. The summed E-state index contributed by atoms with van der Waals surface area (Å²) in [6.45, 7) is 7.11. The predicted octanol–water partition coefficient (Wildman–Crippen LogP) is 3.67. The van der Waals surface area contributed by atoms with Crippen LogP contribution in [-0.4, -0.2) is 50.5 Å². The molecule has 1 aliphatic carbocycles. The number of nitrogens with zero attached hydrogens (tertiary/aromatic N) is 3. The first-order valence-corrected chi connectivity index (χ1v) is 11.3. The molecule has 0 bridgehead atoms. The molecule has 0 saturated heterocycles. The second kappa shape index (κ2) is 8.83. The normalized spacial score (nSPS) is 21.5. The van der Waals surface area contributed by atoms with Gasteiger partial charge in [0, 0.05) is 13.2 Å². The number of para-hydroxylation sites is 1. The Kier molecular flexibility index (Phi) is 6.17. The summed E-state index contributed by atoms with van der Waals surface area (Å²) in [6, 6.07) is 7.89. The lowest BCUT2D eigenvalue weighted by Crippen LogP contribution is -2.29. The molecule has 7 nitrogen and oxygen atoms in total. The van der Waals surface area contributed by atoms with E-state index in [1.54, 1.807) is 11.3 Å². The molecule has 0 unspecified atom stereocenters. The smallest absolute Gasteiger partial charge is 0.224 e. The summed E-state index contributed by atoms with van der Waals surface area (Å²) in [6.07, 6.45) is 0.773. The Labute approximate surface area is 180 Å². The van der Waals surface area contributed by atoms with Crippen LogP contribution in [0.4, 0.5) is 11.8 Å². The van der Waals surface area contributed by atoms with Gasteiger partial charge in [0.1, 0.15) is 10.8 Å². The molecule has 1 fully saturated rings. The monoisotopic (exact) mass is 427 g/mol. The first-order chi connectivity index (χ1) is 14.4. The fourth-order valence-electron chi connectivity index (χ4n) is 3.89. The molecule has 160 valence electrons. The Morgan fingerprint density at radius 3 is 2.67 bits per heavy atom. The van der Waals surface area contributed by atoms with Crippen LogP contribution in [0.5, 0.6) is 0 Å². The maximum absolute atomic E-state index is 10.5. The van der Waals surface area contributed by atoms with E-state index in [0.29, 0.717) is 30.5 Å². The van der Waals surface area contributed by atoms with Crippen molar-refractivity contribution in [3.63, 3.8) is 0 Å². The minimum absolute atomic E-state index is 0.0873. The van der Waals surface area contributed by atoms with Gasteiger partial charge in [-0.25, -0.2) is 9.97 Å². The summed E-state index contributed by atoms with van der Waals surface area (Å²) in [5.74, 6) is 1.82. The van der Waals surface area contributed by atoms with Crippen LogP contribution >= 0.6 is 11.3 Å². The van der Waals surface area contributed by atoms with Crippen LogP contribution in [0.1, 0.15) is 32.4 Å². The minimum atomic E-state index is -0.521. The number of rotatable bonds is 7. The van der Waals surface area contributed by atoms with Crippen molar-refractivity contribution in [3.8, 4) is 10.6 Å². The highest BCUT2D eigenvalue weighted by Crippen LogP contribution is 2.37. The number of thiazole rings is 1. The average Bonchev–Trinajstić information content (AvgIpc) is 3.29. The Bertz CT molecular complexity index is 989. The summed E-state index contributed by atoms with van der Waals surface area (Å²) < 4.78 is 1.11. The number of benzene rings is 1. The number of aliphatic hydroxyl groups is 2. The van der Waals surface area contributed by atoms with Gasteiger partial charge >= 0.3 is 0 Å². The lowest BCUT2D eigenvalue weighted by Gasteiger charge is -2.20. The molecule has 8 heteroatoms. The molecule has 30 heavy (non-hydrogen) atoms. The summed E-state index contributed by atoms with van der Waals surface area (Å²) in [7, 11) is 0. The maximum Gasteiger partial charge on any atom is 0.224 e. The average molecular weight is 428 g/mol. The van der Waals surface area contributed by atoms with Crippen molar-refractivity contribution in [2.45, 2.75) is 45.8 Å². The van der Waals surface area contributed by atoms with Crippen molar-refractivity contribution >= 4 is 33.3 Å². The summed E-state index contributed by atoms with van der Waals surface area (Å²) in [5.41, 5.74) is 2.65. The Morgan fingerprint density at radius 1 is 1.17 bits per heavy atom. The number of aromatic nitrogens is 3. The van der Waals surface area contributed by atoms with Crippen LogP contribution in [0.3, 0.4) is 0 Å². The zero-order valence-electron chi connectivity index (χ0n) is 17.6. The van der Waals surface area contributed by atoms with Crippen molar-refractivity contribution in [1.29, 1.82) is 0 Å². The molecular formula is C22H29N5O2S. The van der Waals surface area contributed by atoms with E-state index in [0.717, 1.165) is 33.0 Å². The fraction of sp³-hybridized carbons (Fsp3) is 0.500. The summed E-state index contributed by atoms with van der Waals surface area (Å²) in [5, 5.41) is 27.6. The lowest BCUT2D eigenvalue weighted by molar-refractivity contribution is 0.157. The van der Waals surface area contributed by atoms with Gasteiger partial charge in [0.25, 0.3) is 0 Å². The zero-order chi connectivity index (χ0) is 21.3. The van der Waals surface area contributed by atoms with Crippen molar-refractivity contribution < 1.29 is 10.2 Å². The first-order valence-electron chi connectivity index (χ1n) is 10.5. The van der Waals surface area contributed by atoms with Gasteiger partial charge in [0.05, 0.1) is 33.6 Å². The second-order valence-electron chi connectivity index (χ2n) is 8.46. The van der Waals surface area contributed by atoms with Crippen LogP contribution in [0.25, 0.3) is 20.8 Å². The van der Waals surface area contributed by atoms with E-state index in [-0.39, 0.29) is 18.6 Å². The van der Waals surface area contributed by atoms with Crippen LogP contribution in [0, 0.1) is 18.8 Å². The van der Waals surface area contributed by atoms with E-state index in [2.05, 4.69) is 35.5 Å². The van der Waals surface area contributed by atoms with E-state index >= 15 is 0 Å². The topological polar surface area (TPSA) is 103 Å². The van der Waals surface area contributed by atoms with E-state index in [9.17, 15) is 10.2 Å². The van der Waals surface area contributed by atoms with Crippen LogP contribution in [-0.2, 0) is 0 Å². The SMILES string of the molecule is Cc1nc(NCC(C)C)nc(N[C@@H]2C[C@H](CO)C[C@H]2O)c1-c1nc2ccccc2s1. The Balaban J connectivity index is 1.73. The number of hydrogen-bond donors (Lipinski definition) is 4. The van der Waals surface area contributed by atoms with E-state index in [1.165, 1.54) is 0 Å². The second-order valence-corrected chi connectivity index (χ2v) is 9.49. The quantitative estimate of drug-likeness (QED) is 0.456. The van der Waals surface area contributed by atoms with Gasteiger partial charge in [-0.15, -0.1) is 11.3 Å². The number of aliphatic hydroxyl groups excluding tert-OH is 2. The highest BCUT2D eigenvalue weighted by molar-refractivity contribution is 7.21. The summed E-state index contributed by atoms with van der Waals surface area (Å²) in [4.78, 5) is 14.2. The molecule has 0 radical (unpaired) electrons. The zero-order valence-corrected chi connectivity index (χ0v) is 18.4. The van der Waals surface area contributed by atoms with Gasteiger partial charge in [-0.2, -0.15) is 4.98 Å². The lowest BCUT2D eigenvalue weighted by atomic mass is 10.1. The molecule has 0 spiro atoms. The molecule has 2 heterocycles. The van der Waals surface area contributed by atoms with E-state index in [4.69, 9.17) is 9.97 Å². The minimum Gasteiger partial charge on any atom is -0.396 e. The molecular weight excluding hydrogens is 398 g/mol. The first kappa shape index (κ1) is 21.0. The van der Waals surface area contributed by atoms with Crippen molar-refractivity contribution in [2.75, 3.05) is 23.8 Å². The molecule has 1 aromatic carbocycles. The highest BCUT2D eigenvalue weighted by atomic mass is 32.1. The Morgan fingerprint density at radius 2 is 1.97 bits per heavy atom. The maximum atomic E-state index is 10.5. The molecule has 4 rings (SSSR count). The van der Waals surface area contributed by atoms with Crippen LogP contribution in [0.15, 0.2) is 24.3 Å². The third-order valence-electron chi connectivity index (χ3n) is 5.47. The van der Waals surface area contributed by atoms with Gasteiger partial charge in [-0.1, -0.05) is 26.0 Å². The summed E-state index contributed by atoms with van der Waals surface area (Å²) >= 11 is 1.61. The largest absolute Gasteiger partial charge is 0.396 e. The number of hydrogen-bond acceptors (Lipinski definition) is 8. The molecule has 1 aliphatic rings. The van der Waals surface area contributed by atoms with Gasteiger partial charge in [0.2, 0.25) is 5.95 Å². The molecule has 4 N–H and O–H groups in total. The highest BCUT2D eigenvalue weighted by Gasteiger charge is 2.33. The van der Waals surface area contributed by atoms with E-state index in [1.807, 2.05) is 25.1 Å². The van der Waals surface area contributed by atoms with Gasteiger partial charge in [-0.3, -0.25) is 0 Å². The van der Waals surface area contributed by atoms with Gasteiger partial charge in [0.15, 0.2) is 0 Å². The molecule has 3 atom stereocenters. The molecule has 0 aliphatic heterocycles. The van der Waals surface area contributed by atoms with Crippen molar-refractivity contribution in [3.05, 3.63) is 30.0 Å². The number of nitrogens with one attached hydrogen (secondary N) is 2. The van der Waals surface area contributed by atoms with Crippen molar-refractivity contribution in [1.82, 2.24) is 15.0 Å². The number of aryl methyl sites for hydroxylation is 1. The van der Waals surface area contributed by atoms with E-state index < -0.39 is 6.10 Å². The molecule has 2 aromatic heterocycles. The standard InChI is InChI=1S/C22H29N5O2S/c1-12(2)10-23-22-24-13(3)19(21-26-15-6-4-5-7-18(15)30-21)20(27-22)25-16-8-14(11-28)9-17(16)29/h4-7,12,14,16-17,28-29H,8-11H2,1-3H3,(H2,23,24,25,27)/t14-,16+,17+/m0/s1. The predicted molar refractivity (Wildman–Crippen MR) is 122 cm³/mol. The third-order valence-corrected chi connectivity index (χ3v) is 6.53. The number of fused-ring (bicyclic) bond motifs is 1.